The monoisotopic (exact) mass is 247 g/mol. The van der Waals surface area contributed by atoms with Crippen LogP contribution in [-0.4, -0.2) is 25.2 Å². The van der Waals surface area contributed by atoms with Crippen LogP contribution < -0.4 is 11.0 Å². The molecule has 0 aliphatic rings. The Hall–Kier alpha value is -2.44. The fourth-order valence-corrected chi connectivity index (χ4v) is 1.48. The van der Waals surface area contributed by atoms with Crippen LogP contribution in [0.5, 0.6) is 0 Å². The lowest BCUT2D eigenvalue weighted by Gasteiger charge is -2.06. The van der Waals surface area contributed by atoms with E-state index >= 15 is 0 Å². The average molecular weight is 247 g/mol. The van der Waals surface area contributed by atoms with Gasteiger partial charge >= 0.3 is 5.69 Å². The van der Waals surface area contributed by atoms with Crippen molar-refractivity contribution in [3.8, 4) is 0 Å². The van der Waals surface area contributed by atoms with Crippen molar-refractivity contribution in [2.24, 2.45) is 7.05 Å². The first-order valence-corrected chi connectivity index (χ1v) is 5.42. The fourth-order valence-electron chi connectivity index (χ4n) is 1.48. The summed E-state index contributed by atoms with van der Waals surface area (Å²) in [5.74, 6) is -0.244. The summed E-state index contributed by atoms with van der Waals surface area (Å²) in [5, 5.41) is 6.71. The summed E-state index contributed by atoms with van der Waals surface area (Å²) in [7, 11) is 1.80. The summed E-state index contributed by atoms with van der Waals surface area (Å²) in [4.78, 5) is 26.5. The van der Waals surface area contributed by atoms with Gasteiger partial charge in [-0.05, 0) is 12.1 Å². The lowest BCUT2D eigenvalue weighted by Crippen LogP contribution is -2.32. The van der Waals surface area contributed by atoms with Crippen molar-refractivity contribution in [3.05, 3.63) is 46.9 Å². The lowest BCUT2D eigenvalue weighted by molar-refractivity contribution is -0.121. The van der Waals surface area contributed by atoms with Crippen molar-refractivity contribution >= 4 is 5.91 Å². The highest BCUT2D eigenvalue weighted by molar-refractivity contribution is 5.75. The van der Waals surface area contributed by atoms with Gasteiger partial charge in [0.05, 0.1) is 12.2 Å². The van der Waals surface area contributed by atoms with E-state index in [0.717, 1.165) is 5.69 Å². The molecule has 0 saturated heterocycles. The summed E-state index contributed by atoms with van der Waals surface area (Å²) in [6, 6.07) is 3.42. The molecule has 2 aromatic heterocycles. The van der Waals surface area contributed by atoms with Gasteiger partial charge in [0.1, 0.15) is 6.54 Å². The molecule has 7 heteroatoms. The highest BCUT2D eigenvalue weighted by atomic mass is 16.2. The molecule has 0 saturated carbocycles. The van der Waals surface area contributed by atoms with Crippen LogP contribution in [0.1, 0.15) is 5.69 Å². The molecule has 0 spiro atoms. The zero-order valence-corrected chi connectivity index (χ0v) is 9.91. The van der Waals surface area contributed by atoms with Gasteiger partial charge in [-0.25, -0.2) is 9.78 Å². The van der Waals surface area contributed by atoms with Gasteiger partial charge in [-0.3, -0.25) is 14.0 Å². The predicted octanol–water partition coefficient (Wildman–Crippen LogP) is -0.707. The van der Waals surface area contributed by atoms with Crippen molar-refractivity contribution in [2.45, 2.75) is 13.1 Å². The number of aromatic nitrogens is 4. The van der Waals surface area contributed by atoms with Crippen LogP contribution in [-0.2, 0) is 24.9 Å². The van der Waals surface area contributed by atoms with E-state index in [1.807, 2.05) is 6.07 Å². The van der Waals surface area contributed by atoms with Gasteiger partial charge < -0.3 is 5.32 Å². The molecule has 0 aliphatic heterocycles. The number of carbonyl (C=O) groups excluding carboxylic acids is 1. The highest BCUT2D eigenvalue weighted by Gasteiger charge is 2.05. The Morgan fingerprint density at radius 1 is 1.44 bits per heavy atom. The van der Waals surface area contributed by atoms with Gasteiger partial charge in [0, 0.05) is 25.6 Å². The van der Waals surface area contributed by atoms with E-state index in [4.69, 9.17) is 0 Å². The van der Waals surface area contributed by atoms with Crippen molar-refractivity contribution < 1.29 is 4.79 Å². The standard InChI is InChI=1S/C11H13N5O2/c1-15-9(3-5-14-15)7-13-10(17)8-16-6-2-4-12-11(16)18/h2-6H,7-8H2,1H3,(H,13,17). The third-order valence-electron chi connectivity index (χ3n) is 2.49. The second kappa shape index (κ2) is 5.26. The van der Waals surface area contributed by atoms with Gasteiger partial charge in [-0.15, -0.1) is 0 Å². The Bertz CT molecular complexity index is 601. The van der Waals surface area contributed by atoms with Gasteiger partial charge in [0.25, 0.3) is 0 Å². The number of nitrogens with zero attached hydrogens (tertiary/aromatic N) is 4. The van der Waals surface area contributed by atoms with Gasteiger partial charge in [-0.2, -0.15) is 5.10 Å². The van der Waals surface area contributed by atoms with E-state index < -0.39 is 5.69 Å². The maximum atomic E-state index is 11.6. The summed E-state index contributed by atoms with van der Waals surface area (Å²) in [6.45, 7) is 0.342. The topological polar surface area (TPSA) is 81.8 Å². The molecule has 0 unspecified atom stereocenters. The number of rotatable bonds is 4. The first-order valence-electron chi connectivity index (χ1n) is 5.42. The molecule has 0 fully saturated rings. The molecule has 7 nitrogen and oxygen atoms in total. The van der Waals surface area contributed by atoms with E-state index in [2.05, 4.69) is 15.4 Å². The molecule has 0 aromatic carbocycles. The van der Waals surface area contributed by atoms with Crippen LogP contribution in [0.3, 0.4) is 0 Å². The van der Waals surface area contributed by atoms with Crippen LogP contribution in [0.25, 0.3) is 0 Å². The lowest BCUT2D eigenvalue weighted by atomic mass is 10.4. The predicted molar refractivity (Wildman–Crippen MR) is 63.6 cm³/mol. The van der Waals surface area contributed by atoms with Crippen LogP contribution in [0.2, 0.25) is 0 Å². The molecule has 2 rings (SSSR count). The number of aryl methyl sites for hydroxylation is 1. The molecular weight excluding hydrogens is 234 g/mol. The maximum absolute atomic E-state index is 11.6. The number of amides is 1. The van der Waals surface area contributed by atoms with Crippen LogP contribution >= 0.6 is 0 Å². The minimum Gasteiger partial charge on any atom is -0.349 e. The molecule has 0 radical (unpaired) electrons. The Morgan fingerprint density at radius 2 is 2.28 bits per heavy atom. The number of carbonyl (C=O) groups is 1. The van der Waals surface area contributed by atoms with Crippen LogP contribution in [0.4, 0.5) is 0 Å². The fraction of sp³-hybridized carbons (Fsp3) is 0.273. The second-order valence-corrected chi connectivity index (χ2v) is 3.75. The minimum atomic E-state index is -0.437. The summed E-state index contributed by atoms with van der Waals surface area (Å²) in [5.41, 5.74) is 0.454. The molecule has 2 aromatic rings. The SMILES string of the molecule is Cn1nccc1CNC(=O)Cn1cccnc1=O. The summed E-state index contributed by atoms with van der Waals surface area (Å²) < 4.78 is 2.93. The van der Waals surface area contributed by atoms with Crippen LogP contribution in [0.15, 0.2) is 35.5 Å². The molecule has 2 heterocycles. The summed E-state index contributed by atoms with van der Waals surface area (Å²) in [6.07, 6.45) is 4.58. The maximum Gasteiger partial charge on any atom is 0.347 e. The average Bonchev–Trinajstić information content (AvgIpc) is 2.75. The van der Waals surface area contributed by atoms with E-state index in [1.54, 1.807) is 24.0 Å². The molecule has 94 valence electrons. The Morgan fingerprint density at radius 3 is 2.94 bits per heavy atom. The highest BCUT2D eigenvalue weighted by Crippen LogP contribution is 1.94. The quantitative estimate of drug-likeness (QED) is 0.774. The van der Waals surface area contributed by atoms with Gasteiger partial charge in [0.15, 0.2) is 0 Å². The van der Waals surface area contributed by atoms with Gasteiger partial charge in [0.2, 0.25) is 5.91 Å². The third kappa shape index (κ3) is 2.82. The van der Waals surface area contributed by atoms with E-state index in [9.17, 15) is 9.59 Å². The van der Waals surface area contributed by atoms with Crippen LogP contribution in [0, 0.1) is 0 Å². The normalized spacial score (nSPS) is 10.3. The smallest absolute Gasteiger partial charge is 0.347 e. The Labute approximate surface area is 103 Å². The van der Waals surface area contributed by atoms with E-state index in [1.165, 1.54) is 17.0 Å². The van der Waals surface area contributed by atoms with Crippen molar-refractivity contribution in [1.82, 2.24) is 24.6 Å². The molecule has 18 heavy (non-hydrogen) atoms. The first-order chi connectivity index (χ1) is 8.66. The Balaban J connectivity index is 1.92. The zero-order valence-electron chi connectivity index (χ0n) is 9.91. The zero-order chi connectivity index (χ0) is 13.0. The van der Waals surface area contributed by atoms with E-state index in [-0.39, 0.29) is 12.5 Å². The molecule has 1 amide bonds. The Kier molecular flexibility index (Phi) is 3.52. The molecule has 0 aliphatic carbocycles. The summed E-state index contributed by atoms with van der Waals surface area (Å²) >= 11 is 0. The van der Waals surface area contributed by atoms with Crippen molar-refractivity contribution in [2.75, 3.05) is 0 Å². The first kappa shape index (κ1) is 12.0. The number of nitrogens with one attached hydrogen (secondary N) is 1. The molecule has 0 atom stereocenters. The molecule has 0 bridgehead atoms. The van der Waals surface area contributed by atoms with Crippen molar-refractivity contribution in [1.29, 1.82) is 0 Å². The minimum absolute atomic E-state index is 0.0372. The largest absolute Gasteiger partial charge is 0.349 e. The second-order valence-electron chi connectivity index (χ2n) is 3.75. The molecule has 1 N–H and O–H groups in total. The third-order valence-corrected chi connectivity index (χ3v) is 2.49. The molecular formula is C11H13N5O2. The number of hydrogen-bond donors (Lipinski definition) is 1. The van der Waals surface area contributed by atoms with E-state index in [0.29, 0.717) is 6.54 Å². The number of hydrogen-bond acceptors (Lipinski definition) is 4. The van der Waals surface area contributed by atoms with Gasteiger partial charge in [-0.1, -0.05) is 0 Å². The van der Waals surface area contributed by atoms with Crippen molar-refractivity contribution in [3.63, 3.8) is 0 Å².